The van der Waals surface area contributed by atoms with Crippen molar-refractivity contribution in [3.05, 3.63) is 0 Å². The Morgan fingerprint density at radius 1 is 1.00 bits per heavy atom. The van der Waals surface area contributed by atoms with E-state index in [9.17, 15) is 9.59 Å². The van der Waals surface area contributed by atoms with Gasteiger partial charge in [-0.25, -0.2) is 0 Å². The molecule has 0 saturated carbocycles. The van der Waals surface area contributed by atoms with E-state index in [1.54, 1.807) is 13.8 Å². The van der Waals surface area contributed by atoms with Gasteiger partial charge in [0.25, 0.3) is 0 Å². The molecular weight excluding hydrogens is 268 g/mol. The molecule has 5 heteroatoms. The average Bonchev–Trinajstić information content (AvgIpc) is 2.46. The molecule has 0 aromatic carbocycles. The SMILES string of the molecule is CC.CC.CC(C)C.CC(C)C(=O)COCNC(=O)CN. The summed E-state index contributed by atoms with van der Waals surface area (Å²) in [5, 5.41) is 2.39. The van der Waals surface area contributed by atoms with Crippen LogP contribution in [0.15, 0.2) is 0 Å². The first-order valence-electron chi connectivity index (χ1n) is 7.88. The van der Waals surface area contributed by atoms with Gasteiger partial charge >= 0.3 is 0 Å². The second kappa shape index (κ2) is 24.1. The fourth-order valence-corrected chi connectivity index (χ4v) is 0.522. The number of nitrogens with one attached hydrogen (secondary N) is 1. The molecule has 0 aliphatic heterocycles. The monoisotopic (exact) mass is 306 g/mol. The molecule has 3 N–H and O–H groups in total. The summed E-state index contributed by atoms with van der Waals surface area (Å²) in [4.78, 5) is 21.6. The molecule has 0 unspecified atom stereocenters. The van der Waals surface area contributed by atoms with Gasteiger partial charge in [-0.05, 0) is 5.92 Å². The van der Waals surface area contributed by atoms with Crippen molar-refractivity contribution < 1.29 is 14.3 Å². The predicted molar refractivity (Wildman–Crippen MR) is 91.1 cm³/mol. The van der Waals surface area contributed by atoms with E-state index in [0.29, 0.717) is 0 Å². The fourth-order valence-electron chi connectivity index (χ4n) is 0.522. The largest absolute Gasteiger partial charge is 0.353 e. The number of ketones is 1. The second-order valence-electron chi connectivity index (χ2n) is 4.65. The molecule has 5 nitrogen and oxygen atoms in total. The van der Waals surface area contributed by atoms with Gasteiger partial charge in [-0.15, -0.1) is 0 Å². The maximum atomic E-state index is 11.0. The highest BCUT2D eigenvalue weighted by atomic mass is 16.5. The molecule has 21 heavy (non-hydrogen) atoms. The number of amides is 1. The van der Waals surface area contributed by atoms with E-state index in [4.69, 9.17) is 10.5 Å². The van der Waals surface area contributed by atoms with Crippen LogP contribution in [0.25, 0.3) is 0 Å². The van der Waals surface area contributed by atoms with Crippen molar-refractivity contribution in [3.8, 4) is 0 Å². The van der Waals surface area contributed by atoms with E-state index in [0.717, 1.165) is 5.92 Å². The molecule has 0 bridgehead atoms. The Morgan fingerprint density at radius 3 is 1.67 bits per heavy atom. The highest BCUT2D eigenvalue weighted by Crippen LogP contribution is 1.93. The summed E-state index contributed by atoms with van der Waals surface area (Å²) < 4.78 is 4.89. The van der Waals surface area contributed by atoms with E-state index >= 15 is 0 Å². The summed E-state index contributed by atoms with van der Waals surface area (Å²) in [5.74, 6) is 0.518. The topological polar surface area (TPSA) is 81.4 Å². The van der Waals surface area contributed by atoms with Gasteiger partial charge < -0.3 is 15.8 Å². The molecular formula is C16H38N2O3. The zero-order valence-electron chi connectivity index (χ0n) is 15.6. The molecule has 0 rings (SSSR count). The number of carbonyl (C=O) groups excluding carboxylic acids is 2. The van der Waals surface area contributed by atoms with E-state index in [1.807, 2.05) is 27.7 Å². The molecule has 0 heterocycles. The van der Waals surface area contributed by atoms with Crippen LogP contribution in [0.1, 0.15) is 62.3 Å². The summed E-state index contributed by atoms with van der Waals surface area (Å²) in [6, 6.07) is 0. The van der Waals surface area contributed by atoms with E-state index < -0.39 is 0 Å². The minimum atomic E-state index is -0.294. The molecule has 130 valence electrons. The molecule has 0 aliphatic carbocycles. The second-order valence-corrected chi connectivity index (χ2v) is 4.65. The Bertz CT molecular complexity index is 215. The number of hydrogen-bond acceptors (Lipinski definition) is 4. The first-order valence-corrected chi connectivity index (χ1v) is 7.88. The van der Waals surface area contributed by atoms with Crippen molar-refractivity contribution in [2.24, 2.45) is 17.6 Å². The van der Waals surface area contributed by atoms with Crippen LogP contribution >= 0.6 is 0 Å². The maximum Gasteiger partial charge on any atom is 0.235 e. The van der Waals surface area contributed by atoms with Crippen LogP contribution in [0, 0.1) is 11.8 Å². The minimum absolute atomic E-state index is 0.0157. The summed E-state index contributed by atoms with van der Waals surface area (Å²) in [6.45, 7) is 18.1. The molecule has 0 atom stereocenters. The lowest BCUT2D eigenvalue weighted by Gasteiger charge is -2.06. The van der Waals surface area contributed by atoms with Crippen molar-refractivity contribution in [3.63, 3.8) is 0 Å². The van der Waals surface area contributed by atoms with E-state index in [2.05, 4.69) is 26.1 Å². The van der Waals surface area contributed by atoms with Crippen LogP contribution in [-0.2, 0) is 14.3 Å². The van der Waals surface area contributed by atoms with E-state index in [-0.39, 0.29) is 37.5 Å². The number of Topliss-reactive ketones (excluding diaryl/α,β-unsaturated/α-hetero) is 1. The Labute approximate surface area is 132 Å². The van der Waals surface area contributed by atoms with Crippen LogP contribution in [0.4, 0.5) is 0 Å². The molecule has 0 aromatic heterocycles. The van der Waals surface area contributed by atoms with Crippen molar-refractivity contribution in [1.82, 2.24) is 5.32 Å². The summed E-state index contributed by atoms with van der Waals surface area (Å²) in [6.07, 6.45) is 0. The van der Waals surface area contributed by atoms with Crippen molar-refractivity contribution in [2.45, 2.75) is 62.3 Å². The Balaban J connectivity index is -0.000000151. The third-order valence-electron chi connectivity index (χ3n) is 1.45. The maximum absolute atomic E-state index is 11.0. The first-order chi connectivity index (χ1) is 9.81. The third-order valence-corrected chi connectivity index (χ3v) is 1.45. The van der Waals surface area contributed by atoms with Crippen LogP contribution in [0.5, 0.6) is 0 Å². The van der Waals surface area contributed by atoms with Gasteiger partial charge in [-0.2, -0.15) is 0 Å². The number of hydrogen-bond donors (Lipinski definition) is 2. The molecule has 0 aromatic rings. The molecule has 0 radical (unpaired) electrons. The first kappa shape index (κ1) is 28.3. The average molecular weight is 306 g/mol. The predicted octanol–water partition coefficient (Wildman–Crippen LogP) is 2.98. The molecule has 1 amide bonds. The zero-order valence-corrected chi connectivity index (χ0v) is 15.6. The summed E-state index contributed by atoms with van der Waals surface area (Å²) in [5.41, 5.74) is 5.03. The lowest BCUT2D eigenvalue weighted by Crippen LogP contribution is -2.33. The fraction of sp³-hybridized carbons (Fsp3) is 0.875. The van der Waals surface area contributed by atoms with Gasteiger partial charge in [0, 0.05) is 5.92 Å². The van der Waals surface area contributed by atoms with Crippen LogP contribution < -0.4 is 11.1 Å². The smallest absolute Gasteiger partial charge is 0.235 e. The highest BCUT2D eigenvalue weighted by molar-refractivity contribution is 5.81. The van der Waals surface area contributed by atoms with Gasteiger partial charge in [0.2, 0.25) is 5.91 Å². The molecule has 0 spiro atoms. The number of rotatable bonds is 6. The molecule has 0 fully saturated rings. The lowest BCUT2D eigenvalue weighted by atomic mass is 10.1. The van der Waals surface area contributed by atoms with Gasteiger partial charge in [0.1, 0.15) is 13.3 Å². The number of ether oxygens (including phenoxy) is 1. The van der Waals surface area contributed by atoms with Crippen LogP contribution in [-0.4, -0.2) is 31.6 Å². The number of nitrogens with two attached hydrogens (primary N) is 1. The van der Waals surface area contributed by atoms with Gasteiger partial charge in [-0.3, -0.25) is 9.59 Å². The minimum Gasteiger partial charge on any atom is -0.353 e. The molecule has 0 saturated heterocycles. The quantitative estimate of drug-likeness (QED) is 0.584. The molecule has 0 aliphatic rings. The summed E-state index contributed by atoms with van der Waals surface area (Å²) in [7, 11) is 0. The van der Waals surface area contributed by atoms with Crippen LogP contribution in [0.2, 0.25) is 0 Å². The van der Waals surface area contributed by atoms with Gasteiger partial charge in [0.15, 0.2) is 5.78 Å². The normalized spacial score (nSPS) is 8.57. The van der Waals surface area contributed by atoms with E-state index in [1.165, 1.54) is 0 Å². The third kappa shape index (κ3) is 38.1. The van der Waals surface area contributed by atoms with Crippen molar-refractivity contribution in [2.75, 3.05) is 19.9 Å². The lowest BCUT2D eigenvalue weighted by molar-refractivity contribution is -0.129. The van der Waals surface area contributed by atoms with Gasteiger partial charge in [-0.1, -0.05) is 62.3 Å². The van der Waals surface area contributed by atoms with Crippen LogP contribution in [0.3, 0.4) is 0 Å². The standard InChI is InChI=1S/C8H16N2O3.C4H10.2C2H6/c1-6(2)7(11)4-13-5-10-8(12)3-9;1-4(2)3;2*1-2/h6H,3-5,9H2,1-2H3,(H,10,12);4H,1-3H3;2*1-2H3. The Kier molecular flexibility index (Phi) is 32.4. The highest BCUT2D eigenvalue weighted by Gasteiger charge is 2.06. The number of carbonyl (C=O) groups is 2. The Morgan fingerprint density at radius 2 is 1.38 bits per heavy atom. The Hall–Kier alpha value is -0.940. The summed E-state index contributed by atoms with van der Waals surface area (Å²) >= 11 is 0. The van der Waals surface area contributed by atoms with Crippen molar-refractivity contribution >= 4 is 11.7 Å². The zero-order chi connectivity index (χ0) is 17.8. The van der Waals surface area contributed by atoms with Crippen molar-refractivity contribution in [1.29, 1.82) is 0 Å². The van der Waals surface area contributed by atoms with Gasteiger partial charge in [0.05, 0.1) is 6.54 Å².